The summed E-state index contributed by atoms with van der Waals surface area (Å²) in [7, 11) is -2.11. The van der Waals surface area contributed by atoms with Crippen molar-refractivity contribution in [3.05, 3.63) is 42.5 Å². The van der Waals surface area contributed by atoms with Crippen molar-refractivity contribution < 1.29 is 41.1 Å². The van der Waals surface area contributed by atoms with Crippen LogP contribution in [-0.4, -0.2) is 15.5 Å². The molecular formula is C8H11NO2SY-2. The first-order valence-corrected chi connectivity index (χ1v) is 4.52. The molecule has 0 N–H and O–H groups in total. The van der Waals surface area contributed by atoms with Crippen molar-refractivity contribution >= 4 is 10.0 Å². The van der Waals surface area contributed by atoms with Gasteiger partial charge in [-0.25, -0.2) is 8.42 Å². The quantitative estimate of drug-likeness (QED) is 0.772. The van der Waals surface area contributed by atoms with Crippen LogP contribution in [0.4, 0.5) is 0 Å². The molecule has 0 atom stereocenters. The zero-order valence-corrected chi connectivity index (χ0v) is 11.3. The Bertz CT molecular complexity index is 323. The number of rotatable bonds is 2. The zero-order chi connectivity index (χ0) is 8.32. The molecule has 0 aromatic heterocycles. The van der Waals surface area contributed by atoms with Crippen LogP contribution in [0.3, 0.4) is 0 Å². The minimum atomic E-state index is -3.37. The summed E-state index contributed by atoms with van der Waals surface area (Å²) in [6.45, 7) is 0. The fourth-order valence-electron chi connectivity index (χ4n) is 0.698. The van der Waals surface area contributed by atoms with E-state index >= 15 is 0 Å². The Balaban J connectivity index is 0. The molecule has 71 valence electrons. The van der Waals surface area contributed by atoms with Crippen molar-refractivity contribution in [3.8, 4) is 0 Å². The van der Waals surface area contributed by atoms with E-state index < -0.39 is 10.0 Å². The van der Waals surface area contributed by atoms with E-state index in [1.807, 2.05) is 0 Å². The molecule has 1 rings (SSSR count). The van der Waals surface area contributed by atoms with E-state index in [9.17, 15) is 8.42 Å². The molecular weight excluding hydrogens is 263 g/mol. The molecule has 3 nitrogen and oxygen atoms in total. The summed E-state index contributed by atoms with van der Waals surface area (Å²) >= 11 is 0. The molecule has 0 spiro atoms. The zero-order valence-electron chi connectivity index (χ0n) is 7.64. The maximum absolute atomic E-state index is 11.0. The van der Waals surface area contributed by atoms with Crippen molar-refractivity contribution in [3.63, 3.8) is 0 Å². The predicted molar refractivity (Wildman–Crippen MR) is 49.3 cm³/mol. The van der Waals surface area contributed by atoms with Crippen LogP contribution in [-0.2, 0) is 42.7 Å². The van der Waals surface area contributed by atoms with Gasteiger partial charge in [-0.3, -0.25) is 0 Å². The summed E-state index contributed by atoms with van der Waals surface area (Å²) in [5.41, 5.74) is 0. The van der Waals surface area contributed by atoms with Crippen LogP contribution in [0.5, 0.6) is 0 Å². The van der Waals surface area contributed by atoms with Crippen LogP contribution in [0.15, 0.2) is 35.2 Å². The Hall–Kier alpha value is 0.234. The van der Waals surface area contributed by atoms with Gasteiger partial charge in [-0.05, 0) is 12.1 Å². The Morgan fingerprint density at radius 2 is 1.62 bits per heavy atom. The van der Waals surface area contributed by atoms with Gasteiger partial charge >= 0.3 is 0 Å². The molecule has 0 aliphatic carbocycles. The van der Waals surface area contributed by atoms with E-state index in [4.69, 9.17) is 0 Å². The fourth-order valence-corrected chi connectivity index (χ4v) is 1.41. The largest absolute Gasteiger partial charge is 0.547 e. The van der Waals surface area contributed by atoms with Crippen LogP contribution >= 0.6 is 0 Å². The predicted octanol–water partition coefficient (Wildman–Crippen LogP) is 1.83. The molecule has 0 fully saturated rings. The number of nitrogens with zero attached hydrogens (tertiary/aromatic N) is 1. The molecule has 13 heavy (non-hydrogen) atoms. The second kappa shape index (κ2) is 6.65. The summed E-state index contributed by atoms with van der Waals surface area (Å²) in [5, 5.41) is 0. The van der Waals surface area contributed by atoms with Gasteiger partial charge < -0.3 is 12.1 Å². The Kier molecular flexibility index (Phi) is 8.03. The third-order valence-corrected chi connectivity index (χ3v) is 2.63. The fraction of sp³-hybridized carbons (Fsp3) is 0.125. The molecule has 0 aliphatic heterocycles. The summed E-state index contributed by atoms with van der Waals surface area (Å²) in [5.74, 6) is 0. The SMILES string of the molecule is C[N-]S(=O)(=O)c1ccccc1.[CH3-].[Y]. The molecule has 1 aromatic rings. The van der Waals surface area contributed by atoms with Gasteiger partial charge in [0, 0.05) is 37.6 Å². The molecule has 0 heterocycles. The summed E-state index contributed by atoms with van der Waals surface area (Å²) in [6.07, 6.45) is 0. The van der Waals surface area contributed by atoms with E-state index in [2.05, 4.69) is 4.72 Å². The Labute approximate surface area is 105 Å². The molecule has 5 heteroatoms. The molecule has 0 aliphatic rings. The van der Waals surface area contributed by atoms with Crippen LogP contribution < -0.4 is 0 Å². The van der Waals surface area contributed by atoms with Gasteiger partial charge in [-0.1, -0.05) is 18.2 Å². The van der Waals surface area contributed by atoms with Gasteiger partial charge in [0.25, 0.3) is 0 Å². The smallest absolute Gasteiger partial charge is 0.101 e. The van der Waals surface area contributed by atoms with Gasteiger partial charge in [0.1, 0.15) is 10.0 Å². The van der Waals surface area contributed by atoms with Crippen molar-refractivity contribution in [2.45, 2.75) is 4.90 Å². The van der Waals surface area contributed by atoms with Gasteiger partial charge in [-0.15, -0.1) is 0 Å². The van der Waals surface area contributed by atoms with Crippen molar-refractivity contribution in [1.82, 2.24) is 0 Å². The van der Waals surface area contributed by atoms with E-state index in [1.54, 1.807) is 18.2 Å². The Morgan fingerprint density at radius 1 is 1.15 bits per heavy atom. The van der Waals surface area contributed by atoms with E-state index in [0.29, 0.717) is 0 Å². The summed E-state index contributed by atoms with van der Waals surface area (Å²) in [4.78, 5) is 0.238. The summed E-state index contributed by atoms with van der Waals surface area (Å²) < 4.78 is 25.3. The van der Waals surface area contributed by atoms with Crippen LogP contribution in [0.2, 0.25) is 0 Å². The number of benzene rings is 1. The van der Waals surface area contributed by atoms with Crippen molar-refractivity contribution in [1.29, 1.82) is 0 Å². The maximum atomic E-state index is 11.0. The average Bonchev–Trinajstić information content (AvgIpc) is 2.06. The first kappa shape index (κ1) is 15.7. The van der Waals surface area contributed by atoms with Gasteiger partial charge in [0.2, 0.25) is 0 Å². The number of hydrogen-bond acceptors (Lipinski definition) is 2. The second-order valence-electron chi connectivity index (χ2n) is 1.97. The number of hydrogen-bond donors (Lipinski definition) is 0. The number of sulfonamides is 1. The molecule has 1 radical (unpaired) electrons. The first-order chi connectivity index (χ1) is 5.17. The second-order valence-corrected chi connectivity index (χ2v) is 3.76. The molecule has 0 saturated carbocycles. The average molecular weight is 274 g/mol. The van der Waals surface area contributed by atoms with Crippen molar-refractivity contribution in [2.75, 3.05) is 7.05 Å². The first-order valence-electron chi connectivity index (χ1n) is 3.08. The van der Waals surface area contributed by atoms with Crippen LogP contribution in [0.25, 0.3) is 4.72 Å². The van der Waals surface area contributed by atoms with Gasteiger partial charge in [-0.2, -0.15) is 7.05 Å². The molecule has 0 bridgehead atoms. The van der Waals surface area contributed by atoms with Gasteiger partial charge in [0.15, 0.2) is 0 Å². The van der Waals surface area contributed by atoms with Gasteiger partial charge in [0.05, 0.1) is 0 Å². The third kappa shape index (κ3) is 4.31. The normalized spacial score (nSPS) is 9.62. The van der Waals surface area contributed by atoms with E-state index in [1.165, 1.54) is 19.2 Å². The topological polar surface area (TPSA) is 48.2 Å². The molecule has 0 unspecified atom stereocenters. The van der Waals surface area contributed by atoms with Crippen LogP contribution in [0.1, 0.15) is 0 Å². The standard InChI is InChI=1S/C7H8NO2S.CH3.Y/c1-8-11(9,10)7-5-3-2-4-6-7;;/h2-6H,1H3;1H3;/q2*-1;. The maximum Gasteiger partial charge on any atom is 0.101 e. The van der Waals surface area contributed by atoms with E-state index in [-0.39, 0.29) is 45.0 Å². The van der Waals surface area contributed by atoms with Crippen molar-refractivity contribution in [2.24, 2.45) is 0 Å². The molecule has 0 amide bonds. The van der Waals surface area contributed by atoms with Crippen LogP contribution in [0, 0.1) is 7.43 Å². The Morgan fingerprint density at radius 3 is 2.00 bits per heavy atom. The minimum absolute atomic E-state index is 0. The minimum Gasteiger partial charge on any atom is -0.547 e. The monoisotopic (exact) mass is 274 g/mol. The molecule has 0 saturated heterocycles. The molecule has 1 aromatic carbocycles. The third-order valence-electron chi connectivity index (χ3n) is 1.28. The summed E-state index contributed by atoms with van der Waals surface area (Å²) in [6, 6.07) is 8.12. The van der Waals surface area contributed by atoms with E-state index in [0.717, 1.165) is 0 Å².